The van der Waals surface area contributed by atoms with Gasteiger partial charge in [-0.2, -0.15) is 10.2 Å². The summed E-state index contributed by atoms with van der Waals surface area (Å²) in [5, 5.41) is 22.8. The van der Waals surface area contributed by atoms with Crippen molar-refractivity contribution >= 4 is 68.7 Å². The molecule has 1 atom stereocenters. The van der Waals surface area contributed by atoms with E-state index in [1.165, 1.54) is 16.0 Å². The van der Waals surface area contributed by atoms with Crippen molar-refractivity contribution in [3.63, 3.8) is 0 Å². The molecule has 5 amide bonds. The lowest BCUT2D eigenvalue weighted by molar-refractivity contribution is -0.124. The van der Waals surface area contributed by atoms with E-state index in [2.05, 4.69) is 15.8 Å². The van der Waals surface area contributed by atoms with Gasteiger partial charge in [0.15, 0.2) is 6.17 Å². The number of nitrogens with one attached hydrogen (secondary N) is 2. The molecule has 3 N–H and O–H groups in total. The smallest absolute Gasteiger partial charge is 0.306 e. The molecule has 1 fully saturated rings. The Balaban J connectivity index is 1.32. The normalized spacial score (nSPS) is 15.9. The predicted molar refractivity (Wildman–Crippen MR) is 180 cm³/mol. The molecular formula is C35H31ClN6O4. The van der Waals surface area contributed by atoms with Crippen LogP contribution in [-0.4, -0.2) is 57.6 Å². The molecule has 5 aromatic rings. The fourth-order valence-corrected chi connectivity index (χ4v) is 5.92. The summed E-state index contributed by atoms with van der Waals surface area (Å²) in [4.78, 5) is 43.7. The summed E-state index contributed by atoms with van der Waals surface area (Å²) >= 11 is 5.94. The number of fused-ring (bicyclic) bond motifs is 2. The Morgan fingerprint density at radius 1 is 0.891 bits per heavy atom. The number of benzene rings is 5. The molecule has 0 saturated carbocycles. The molecule has 5 aromatic carbocycles. The molecule has 0 aromatic heterocycles. The SMILES string of the molecule is CC1(C)[C@H](N(O)C(=O)Nc2cccc3ccccc23)N(c2cccc3ccccc23)C(=O)N1CC(=O)N/N=C\c1ccc(Cl)cc1. The number of urea groups is 2. The third-order valence-electron chi connectivity index (χ3n) is 8.08. The Hall–Kier alpha value is -5.45. The molecule has 0 spiro atoms. The Bertz CT molecular complexity index is 1970. The molecule has 1 aliphatic rings. The molecule has 11 heteroatoms. The Morgan fingerprint density at radius 2 is 1.50 bits per heavy atom. The second-order valence-electron chi connectivity index (χ2n) is 11.4. The molecular weight excluding hydrogens is 604 g/mol. The summed E-state index contributed by atoms with van der Waals surface area (Å²) in [7, 11) is 0. The summed E-state index contributed by atoms with van der Waals surface area (Å²) in [5.41, 5.74) is 2.90. The second-order valence-corrected chi connectivity index (χ2v) is 11.8. The van der Waals surface area contributed by atoms with Crippen molar-refractivity contribution in [1.29, 1.82) is 0 Å². The van der Waals surface area contributed by atoms with Gasteiger partial charge in [-0.25, -0.2) is 15.0 Å². The maximum Gasteiger partial charge on any atom is 0.347 e. The van der Waals surface area contributed by atoms with Gasteiger partial charge in [-0.1, -0.05) is 96.5 Å². The van der Waals surface area contributed by atoms with E-state index in [1.54, 1.807) is 62.4 Å². The number of nitrogens with zero attached hydrogens (tertiary/aromatic N) is 4. The van der Waals surface area contributed by atoms with E-state index in [4.69, 9.17) is 11.6 Å². The largest absolute Gasteiger partial charge is 0.347 e. The number of halogens is 1. The van der Waals surface area contributed by atoms with Crippen molar-refractivity contribution in [1.82, 2.24) is 15.4 Å². The standard InChI is InChI=1S/C35H31ClN6O4/c1-35(2)32(42(46)33(44)38-29-15-7-11-24-9-3-5-13-27(24)29)41(30-16-8-12-25-10-4-6-14-28(25)30)34(45)40(35)22-31(43)39-37-21-23-17-19-26(36)20-18-23/h3-21,32,46H,22H2,1-2H3,(H,38,44)(H,39,43)/b37-21-/t32-/m0/s1. The zero-order valence-electron chi connectivity index (χ0n) is 25.1. The minimum atomic E-state index is -1.25. The topological polar surface area (TPSA) is 118 Å². The summed E-state index contributed by atoms with van der Waals surface area (Å²) in [6.45, 7) is 3.00. The maximum absolute atomic E-state index is 14.2. The van der Waals surface area contributed by atoms with Gasteiger partial charge < -0.3 is 10.2 Å². The van der Waals surface area contributed by atoms with Crippen LogP contribution in [0.15, 0.2) is 114 Å². The highest BCUT2D eigenvalue weighted by molar-refractivity contribution is 6.30. The van der Waals surface area contributed by atoms with Gasteiger partial charge in [-0.05, 0) is 54.4 Å². The highest BCUT2D eigenvalue weighted by Crippen LogP contribution is 2.40. The third-order valence-corrected chi connectivity index (χ3v) is 8.33. The number of hydrazone groups is 1. The molecule has 46 heavy (non-hydrogen) atoms. The fraction of sp³-hybridized carbons (Fsp3) is 0.143. The molecule has 10 nitrogen and oxygen atoms in total. The lowest BCUT2D eigenvalue weighted by atomic mass is 9.99. The van der Waals surface area contributed by atoms with E-state index in [1.807, 2.05) is 60.7 Å². The van der Waals surface area contributed by atoms with Gasteiger partial charge in [0.25, 0.3) is 5.91 Å². The molecule has 0 aliphatic carbocycles. The number of rotatable bonds is 7. The highest BCUT2D eigenvalue weighted by Gasteiger charge is 2.56. The van der Waals surface area contributed by atoms with E-state index < -0.39 is 29.7 Å². The quantitative estimate of drug-likeness (QED) is 0.101. The molecule has 1 heterocycles. The Morgan fingerprint density at radius 3 is 2.22 bits per heavy atom. The summed E-state index contributed by atoms with van der Waals surface area (Å²) < 4.78 is 0. The minimum Gasteiger partial charge on any atom is -0.306 e. The first kappa shape index (κ1) is 30.6. The first-order chi connectivity index (χ1) is 22.1. The third kappa shape index (κ3) is 5.83. The monoisotopic (exact) mass is 634 g/mol. The van der Waals surface area contributed by atoms with Crippen LogP contribution in [0.3, 0.4) is 0 Å². The molecule has 0 unspecified atom stereocenters. The van der Waals surface area contributed by atoms with Gasteiger partial charge in [-0.15, -0.1) is 0 Å². The minimum absolute atomic E-state index is 0.389. The number of hydrogen-bond acceptors (Lipinski definition) is 5. The van der Waals surface area contributed by atoms with Gasteiger partial charge in [0.1, 0.15) is 6.54 Å². The molecule has 0 radical (unpaired) electrons. The summed E-state index contributed by atoms with van der Waals surface area (Å²) in [6.07, 6.45) is 0.231. The number of amides is 5. The van der Waals surface area contributed by atoms with E-state index in [-0.39, 0.29) is 6.54 Å². The number of hydrogen-bond donors (Lipinski definition) is 3. The Labute approximate surface area is 270 Å². The molecule has 232 valence electrons. The van der Waals surface area contributed by atoms with Crippen LogP contribution in [0.2, 0.25) is 5.02 Å². The van der Waals surface area contributed by atoms with Crippen LogP contribution in [0, 0.1) is 0 Å². The number of carbonyl (C=O) groups excluding carboxylic acids is 3. The summed E-state index contributed by atoms with van der Waals surface area (Å²) in [5.74, 6) is -0.560. The first-order valence-electron chi connectivity index (χ1n) is 14.6. The van der Waals surface area contributed by atoms with Crippen LogP contribution < -0.4 is 15.6 Å². The zero-order chi connectivity index (χ0) is 32.4. The summed E-state index contributed by atoms with van der Waals surface area (Å²) in [6, 6.07) is 31.5. The van der Waals surface area contributed by atoms with E-state index in [0.717, 1.165) is 27.1 Å². The van der Waals surface area contributed by atoms with Crippen molar-refractivity contribution in [2.24, 2.45) is 5.10 Å². The molecule has 1 saturated heterocycles. The van der Waals surface area contributed by atoms with Crippen LogP contribution in [-0.2, 0) is 4.79 Å². The average Bonchev–Trinajstić information content (AvgIpc) is 3.25. The van der Waals surface area contributed by atoms with Crippen molar-refractivity contribution in [2.45, 2.75) is 25.6 Å². The number of carbonyl (C=O) groups is 3. The van der Waals surface area contributed by atoms with E-state index in [0.29, 0.717) is 21.5 Å². The van der Waals surface area contributed by atoms with Gasteiger partial charge in [0, 0.05) is 15.8 Å². The predicted octanol–water partition coefficient (Wildman–Crippen LogP) is 7.07. The van der Waals surface area contributed by atoms with Crippen molar-refractivity contribution < 1.29 is 19.6 Å². The van der Waals surface area contributed by atoms with Crippen LogP contribution in [0.25, 0.3) is 21.5 Å². The van der Waals surface area contributed by atoms with Crippen LogP contribution in [0.5, 0.6) is 0 Å². The lowest BCUT2D eigenvalue weighted by Crippen LogP contribution is -2.58. The van der Waals surface area contributed by atoms with Crippen molar-refractivity contribution in [3.05, 3.63) is 120 Å². The average molecular weight is 635 g/mol. The maximum atomic E-state index is 14.2. The van der Waals surface area contributed by atoms with Gasteiger partial charge in [0.05, 0.1) is 23.1 Å². The van der Waals surface area contributed by atoms with Crippen molar-refractivity contribution in [3.8, 4) is 0 Å². The van der Waals surface area contributed by atoms with Crippen LogP contribution >= 0.6 is 11.6 Å². The van der Waals surface area contributed by atoms with Gasteiger partial charge in [0.2, 0.25) is 0 Å². The van der Waals surface area contributed by atoms with Gasteiger partial charge in [-0.3, -0.25) is 14.9 Å². The molecule has 6 rings (SSSR count). The van der Waals surface area contributed by atoms with Crippen LogP contribution in [0.1, 0.15) is 19.4 Å². The molecule has 0 bridgehead atoms. The zero-order valence-corrected chi connectivity index (χ0v) is 25.8. The number of hydroxylamine groups is 2. The van der Waals surface area contributed by atoms with Crippen molar-refractivity contribution in [2.75, 3.05) is 16.8 Å². The molecule has 1 aliphatic heterocycles. The van der Waals surface area contributed by atoms with E-state index in [9.17, 15) is 19.6 Å². The van der Waals surface area contributed by atoms with Gasteiger partial charge >= 0.3 is 12.1 Å². The highest BCUT2D eigenvalue weighted by atomic mass is 35.5. The van der Waals surface area contributed by atoms with E-state index >= 15 is 0 Å². The first-order valence-corrected chi connectivity index (χ1v) is 15.0. The Kier molecular flexibility index (Phi) is 8.31. The lowest BCUT2D eigenvalue weighted by Gasteiger charge is -2.38. The fourth-order valence-electron chi connectivity index (χ4n) is 5.79. The second kappa shape index (κ2) is 12.5. The van der Waals surface area contributed by atoms with Crippen LogP contribution in [0.4, 0.5) is 21.0 Å². The number of anilines is 2.